The van der Waals surface area contributed by atoms with Crippen molar-refractivity contribution in [1.82, 2.24) is 5.32 Å². The van der Waals surface area contributed by atoms with Gasteiger partial charge >= 0.3 is 0 Å². The number of aryl methyl sites for hydroxylation is 1. The van der Waals surface area contributed by atoms with Crippen LogP contribution in [-0.4, -0.2) is 13.1 Å². The molecule has 1 fully saturated rings. The first-order valence-corrected chi connectivity index (χ1v) is 7.77. The summed E-state index contributed by atoms with van der Waals surface area (Å²) in [4.78, 5) is 0. The average Bonchev–Trinajstić information content (AvgIpc) is 3.20. The van der Waals surface area contributed by atoms with Crippen LogP contribution in [0.15, 0.2) is 18.2 Å². The first-order chi connectivity index (χ1) is 9.21. The van der Waals surface area contributed by atoms with E-state index < -0.39 is 0 Å². The third kappa shape index (κ3) is 2.64. The lowest BCUT2D eigenvalue weighted by Gasteiger charge is -2.23. The molecule has 0 saturated heterocycles. The molecule has 1 aliphatic heterocycles. The van der Waals surface area contributed by atoms with E-state index in [1.54, 1.807) is 0 Å². The summed E-state index contributed by atoms with van der Waals surface area (Å²) in [6.45, 7) is 8.03. The molecule has 0 unspecified atom stereocenters. The number of para-hydroxylation sites is 1. The van der Waals surface area contributed by atoms with Crippen LogP contribution in [-0.2, 0) is 13.0 Å². The maximum absolute atomic E-state index is 3.70. The van der Waals surface area contributed by atoms with Crippen LogP contribution in [0.25, 0.3) is 0 Å². The van der Waals surface area contributed by atoms with Crippen molar-refractivity contribution in [1.29, 1.82) is 0 Å². The van der Waals surface area contributed by atoms with Crippen LogP contribution in [0.3, 0.4) is 0 Å². The molecular formula is C17H26N2. The molecule has 0 atom stereocenters. The lowest BCUT2D eigenvalue weighted by molar-refractivity contribution is 0.338. The fraction of sp³-hybridized carbons (Fsp3) is 0.647. The van der Waals surface area contributed by atoms with E-state index in [-0.39, 0.29) is 0 Å². The number of nitrogens with one attached hydrogen (secondary N) is 2. The van der Waals surface area contributed by atoms with Gasteiger partial charge in [0.15, 0.2) is 0 Å². The molecule has 0 bridgehead atoms. The van der Waals surface area contributed by atoms with Crippen LogP contribution >= 0.6 is 0 Å². The number of rotatable bonds is 5. The summed E-state index contributed by atoms with van der Waals surface area (Å²) >= 11 is 0. The Morgan fingerprint density at radius 1 is 1.32 bits per heavy atom. The summed E-state index contributed by atoms with van der Waals surface area (Å²) in [5.41, 5.74) is 4.94. The van der Waals surface area contributed by atoms with Crippen LogP contribution in [0.4, 0.5) is 5.69 Å². The number of hydrogen-bond donors (Lipinski definition) is 2. The van der Waals surface area contributed by atoms with Crippen LogP contribution in [0.1, 0.15) is 44.2 Å². The van der Waals surface area contributed by atoms with Gasteiger partial charge in [0.05, 0.1) is 0 Å². The van der Waals surface area contributed by atoms with Crippen molar-refractivity contribution in [3.05, 3.63) is 29.3 Å². The van der Waals surface area contributed by atoms with E-state index in [0.29, 0.717) is 5.41 Å². The molecule has 1 aromatic carbocycles. The minimum absolute atomic E-state index is 0.599. The molecule has 2 nitrogen and oxygen atoms in total. The molecule has 1 heterocycles. The Hall–Kier alpha value is -1.02. The van der Waals surface area contributed by atoms with Gasteiger partial charge in [0, 0.05) is 25.3 Å². The van der Waals surface area contributed by atoms with Crippen molar-refractivity contribution in [3.8, 4) is 0 Å². The third-order valence-corrected chi connectivity index (χ3v) is 5.07. The van der Waals surface area contributed by atoms with Crippen LogP contribution in [0.5, 0.6) is 0 Å². The molecular weight excluding hydrogens is 232 g/mol. The highest BCUT2D eigenvalue weighted by atomic mass is 14.9. The maximum atomic E-state index is 3.70. The minimum atomic E-state index is 0.599. The molecule has 0 aromatic heterocycles. The molecule has 2 N–H and O–H groups in total. The summed E-state index contributed by atoms with van der Waals surface area (Å²) in [6.07, 6.45) is 5.30. The van der Waals surface area contributed by atoms with E-state index in [2.05, 4.69) is 42.7 Å². The second-order valence-electron chi connectivity index (χ2n) is 6.60. The number of fused-ring (bicyclic) bond motifs is 1. The number of hydrogen-bond acceptors (Lipinski definition) is 2. The average molecular weight is 258 g/mol. The van der Waals surface area contributed by atoms with Gasteiger partial charge < -0.3 is 10.6 Å². The molecule has 2 aliphatic rings. The highest BCUT2D eigenvalue weighted by Gasteiger charge is 2.44. The minimum Gasteiger partial charge on any atom is -0.385 e. The standard InChI is InChI=1S/C17H26N2/c1-13(2)17(8-9-17)12-18-11-15-6-3-5-14-7-4-10-19-16(14)15/h3,5-6,13,18-19H,4,7-12H2,1-2H3. The van der Waals surface area contributed by atoms with Crippen molar-refractivity contribution in [2.45, 2.75) is 46.1 Å². The van der Waals surface area contributed by atoms with Gasteiger partial charge in [0.1, 0.15) is 0 Å². The van der Waals surface area contributed by atoms with E-state index in [1.807, 2.05) is 0 Å². The molecule has 0 amide bonds. The Bertz CT molecular complexity index is 447. The molecule has 0 spiro atoms. The van der Waals surface area contributed by atoms with Crippen LogP contribution < -0.4 is 10.6 Å². The summed E-state index contributed by atoms with van der Waals surface area (Å²) in [5, 5.41) is 7.27. The van der Waals surface area contributed by atoms with Gasteiger partial charge in [-0.1, -0.05) is 32.0 Å². The highest BCUT2D eigenvalue weighted by Crippen LogP contribution is 2.51. The van der Waals surface area contributed by atoms with Gasteiger partial charge in [-0.05, 0) is 48.1 Å². The van der Waals surface area contributed by atoms with Crippen LogP contribution in [0.2, 0.25) is 0 Å². The Morgan fingerprint density at radius 2 is 2.16 bits per heavy atom. The lowest BCUT2D eigenvalue weighted by atomic mass is 9.92. The monoisotopic (exact) mass is 258 g/mol. The Labute approximate surface area is 117 Å². The van der Waals surface area contributed by atoms with E-state index in [1.165, 1.54) is 49.0 Å². The molecule has 1 saturated carbocycles. The predicted molar refractivity (Wildman–Crippen MR) is 81.5 cm³/mol. The normalized spacial score (nSPS) is 19.9. The van der Waals surface area contributed by atoms with Gasteiger partial charge in [0.2, 0.25) is 0 Å². The van der Waals surface area contributed by atoms with Gasteiger partial charge in [0.25, 0.3) is 0 Å². The maximum Gasteiger partial charge on any atom is 0.0418 e. The Morgan fingerprint density at radius 3 is 2.89 bits per heavy atom. The van der Waals surface area contributed by atoms with Gasteiger partial charge in [-0.3, -0.25) is 0 Å². The van der Waals surface area contributed by atoms with Gasteiger partial charge in [-0.2, -0.15) is 0 Å². The van der Waals surface area contributed by atoms with Gasteiger partial charge in [-0.15, -0.1) is 0 Å². The number of benzene rings is 1. The van der Waals surface area contributed by atoms with Crippen molar-refractivity contribution >= 4 is 5.69 Å². The molecule has 0 radical (unpaired) electrons. The molecule has 1 aliphatic carbocycles. The smallest absolute Gasteiger partial charge is 0.0418 e. The summed E-state index contributed by atoms with van der Waals surface area (Å²) in [7, 11) is 0. The first kappa shape index (κ1) is 13.0. The zero-order valence-electron chi connectivity index (χ0n) is 12.3. The van der Waals surface area contributed by atoms with Crippen molar-refractivity contribution in [2.75, 3.05) is 18.4 Å². The van der Waals surface area contributed by atoms with Crippen molar-refractivity contribution in [2.24, 2.45) is 11.3 Å². The van der Waals surface area contributed by atoms with E-state index in [0.717, 1.165) is 19.0 Å². The van der Waals surface area contributed by atoms with E-state index in [4.69, 9.17) is 0 Å². The topological polar surface area (TPSA) is 24.1 Å². The Kier molecular flexibility index (Phi) is 3.53. The predicted octanol–water partition coefficient (Wildman–Crippen LogP) is 3.57. The molecule has 19 heavy (non-hydrogen) atoms. The van der Waals surface area contributed by atoms with Crippen molar-refractivity contribution < 1.29 is 0 Å². The zero-order chi connectivity index (χ0) is 13.3. The van der Waals surface area contributed by atoms with E-state index in [9.17, 15) is 0 Å². The summed E-state index contributed by atoms with van der Waals surface area (Å²) in [5.74, 6) is 0.808. The summed E-state index contributed by atoms with van der Waals surface area (Å²) in [6, 6.07) is 6.73. The second kappa shape index (κ2) is 5.16. The highest BCUT2D eigenvalue weighted by molar-refractivity contribution is 5.59. The fourth-order valence-corrected chi connectivity index (χ4v) is 3.29. The fourth-order valence-electron chi connectivity index (χ4n) is 3.29. The molecule has 2 heteroatoms. The van der Waals surface area contributed by atoms with Crippen LogP contribution in [0, 0.1) is 11.3 Å². The molecule has 3 rings (SSSR count). The SMILES string of the molecule is CC(C)C1(CNCc2cccc3c2NCCC3)CC1. The number of anilines is 1. The quantitative estimate of drug-likeness (QED) is 0.843. The largest absolute Gasteiger partial charge is 0.385 e. The van der Waals surface area contributed by atoms with Gasteiger partial charge in [-0.25, -0.2) is 0 Å². The first-order valence-electron chi connectivity index (χ1n) is 7.77. The second-order valence-corrected chi connectivity index (χ2v) is 6.60. The lowest BCUT2D eigenvalue weighted by Crippen LogP contribution is -2.28. The molecule has 1 aromatic rings. The molecule has 104 valence electrons. The zero-order valence-corrected chi connectivity index (χ0v) is 12.3. The summed E-state index contributed by atoms with van der Waals surface area (Å²) < 4.78 is 0. The Balaban J connectivity index is 1.61. The van der Waals surface area contributed by atoms with Crippen molar-refractivity contribution in [3.63, 3.8) is 0 Å². The third-order valence-electron chi connectivity index (χ3n) is 5.07. The van der Waals surface area contributed by atoms with E-state index >= 15 is 0 Å².